The number of carbonyl (C=O) groups excluding carboxylic acids is 2. The number of nitrogens with one attached hydrogen (secondary N) is 2. The maximum Gasteiger partial charge on any atom is 0.256 e. The van der Waals surface area contributed by atoms with Gasteiger partial charge in [-0.3, -0.25) is 14.7 Å². The molecule has 1 aliphatic rings. The van der Waals surface area contributed by atoms with Crippen molar-refractivity contribution in [2.75, 3.05) is 18.4 Å². The van der Waals surface area contributed by atoms with Gasteiger partial charge in [-0.05, 0) is 37.1 Å². The fraction of sp³-hybridized carbons (Fsp3) is 0.286. The summed E-state index contributed by atoms with van der Waals surface area (Å²) in [5, 5.41) is 20.8. The van der Waals surface area contributed by atoms with Crippen LogP contribution in [0, 0.1) is 17.6 Å². The van der Waals surface area contributed by atoms with Crippen molar-refractivity contribution in [2.24, 2.45) is 5.92 Å². The second-order valence-electron chi connectivity index (χ2n) is 7.33. The molecule has 2 aromatic carbocycles. The summed E-state index contributed by atoms with van der Waals surface area (Å²) in [4.78, 5) is 26.5. The van der Waals surface area contributed by atoms with Gasteiger partial charge in [-0.15, -0.1) is 0 Å². The van der Waals surface area contributed by atoms with E-state index < -0.39 is 23.6 Å². The molecule has 0 aliphatic carbocycles. The average Bonchev–Trinajstić information content (AvgIpc) is 3.21. The summed E-state index contributed by atoms with van der Waals surface area (Å²) in [7, 11) is 0. The molecular weight excluding hydrogens is 394 g/mol. The topological polar surface area (TPSA) is 98.3 Å². The van der Waals surface area contributed by atoms with Gasteiger partial charge in [0.1, 0.15) is 11.6 Å². The van der Waals surface area contributed by atoms with Gasteiger partial charge in [0, 0.05) is 41.7 Å². The maximum absolute atomic E-state index is 13.9. The minimum atomic E-state index is -1.71. The van der Waals surface area contributed by atoms with E-state index in [1.165, 1.54) is 4.90 Å². The van der Waals surface area contributed by atoms with Crippen molar-refractivity contribution in [3.05, 3.63) is 59.8 Å². The summed E-state index contributed by atoms with van der Waals surface area (Å²) in [6.07, 6.45) is 0.802. The molecular formula is C21H20F2N4O3. The first-order valence-electron chi connectivity index (χ1n) is 9.58. The number of piperidine rings is 1. The number of aliphatic hydroxyl groups excluding tert-OH is 1. The summed E-state index contributed by atoms with van der Waals surface area (Å²) < 4.78 is 26.9. The van der Waals surface area contributed by atoms with Crippen LogP contribution in [0.5, 0.6) is 0 Å². The first-order chi connectivity index (χ1) is 14.4. The summed E-state index contributed by atoms with van der Waals surface area (Å²) in [5.74, 6) is -2.84. The number of benzene rings is 2. The number of anilines is 1. The molecule has 1 fully saturated rings. The molecule has 30 heavy (non-hydrogen) atoms. The van der Waals surface area contributed by atoms with Crippen LogP contribution in [-0.4, -0.2) is 45.1 Å². The molecule has 2 amide bonds. The van der Waals surface area contributed by atoms with Crippen LogP contribution in [0.15, 0.2) is 42.6 Å². The number of halogens is 2. The normalized spacial score (nSPS) is 15.9. The number of H-pyrrole nitrogens is 1. The predicted molar refractivity (Wildman–Crippen MR) is 105 cm³/mol. The van der Waals surface area contributed by atoms with Crippen molar-refractivity contribution in [3.63, 3.8) is 0 Å². The largest absolute Gasteiger partial charge is 0.378 e. The van der Waals surface area contributed by atoms with Gasteiger partial charge in [0.05, 0.1) is 11.7 Å². The van der Waals surface area contributed by atoms with Crippen molar-refractivity contribution < 1.29 is 23.5 Å². The van der Waals surface area contributed by atoms with Gasteiger partial charge in [-0.1, -0.05) is 6.07 Å². The highest BCUT2D eigenvalue weighted by molar-refractivity contribution is 5.95. The number of rotatable bonds is 4. The number of hydrogen-bond donors (Lipinski definition) is 3. The molecule has 1 aromatic heterocycles. The lowest BCUT2D eigenvalue weighted by molar-refractivity contribution is -0.143. The Bertz CT molecular complexity index is 1090. The Morgan fingerprint density at radius 3 is 2.67 bits per heavy atom. The standard InChI is InChI=1S/C21H20F2N4O3/c22-14-1-3-16(17(23)10-14)19(28)21(30)27-7-5-12(6-8-27)20(29)25-15-2-4-18-13(9-15)11-24-26-18/h1-4,9-12,19,28H,5-8H2,(H,24,26)(H,25,29). The summed E-state index contributed by atoms with van der Waals surface area (Å²) in [5.41, 5.74) is 1.27. The van der Waals surface area contributed by atoms with E-state index in [0.29, 0.717) is 24.6 Å². The van der Waals surface area contributed by atoms with Crippen LogP contribution in [0.1, 0.15) is 24.5 Å². The van der Waals surface area contributed by atoms with Gasteiger partial charge in [-0.25, -0.2) is 8.78 Å². The number of aliphatic hydroxyl groups is 1. The number of amides is 2. The first-order valence-corrected chi connectivity index (χ1v) is 9.58. The lowest BCUT2D eigenvalue weighted by Gasteiger charge is -2.32. The zero-order valence-corrected chi connectivity index (χ0v) is 15.9. The van der Waals surface area contributed by atoms with E-state index in [2.05, 4.69) is 15.5 Å². The monoisotopic (exact) mass is 414 g/mol. The van der Waals surface area contributed by atoms with Crippen molar-refractivity contribution in [3.8, 4) is 0 Å². The Labute approximate surface area is 170 Å². The van der Waals surface area contributed by atoms with Gasteiger partial charge < -0.3 is 15.3 Å². The van der Waals surface area contributed by atoms with E-state index in [4.69, 9.17) is 0 Å². The van der Waals surface area contributed by atoms with Crippen molar-refractivity contribution >= 4 is 28.4 Å². The van der Waals surface area contributed by atoms with Crippen LogP contribution in [-0.2, 0) is 9.59 Å². The molecule has 4 rings (SSSR count). The summed E-state index contributed by atoms with van der Waals surface area (Å²) in [6.45, 7) is 0.523. The molecule has 1 atom stereocenters. The van der Waals surface area contributed by atoms with Crippen LogP contribution < -0.4 is 5.32 Å². The van der Waals surface area contributed by atoms with E-state index in [0.717, 1.165) is 23.0 Å². The highest BCUT2D eigenvalue weighted by atomic mass is 19.1. The van der Waals surface area contributed by atoms with Crippen LogP contribution >= 0.6 is 0 Å². The number of nitrogens with zero attached hydrogens (tertiary/aromatic N) is 2. The predicted octanol–water partition coefficient (Wildman–Crippen LogP) is 2.75. The number of fused-ring (bicyclic) bond motifs is 1. The first kappa shape index (κ1) is 20.0. The maximum atomic E-state index is 13.9. The SMILES string of the molecule is O=C(Nc1ccc2[nH]ncc2c1)C1CCN(C(=O)C(O)c2ccc(F)cc2F)CC1. The zero-order valence-electron chi connectivity index (χ0n) is 15.9. The van der Waals surface area contributed by atoms with Crippen molar-refractivity contribution in [1.82, 2.24) is 15.1 Å². The van der Waals surface area contributed by atoms with Crippen LogP contribution in [0.2, 0.25) is 0 Å². The number of hydrogen-bond acceptors (Lipinski definition) is 4. The van der Waals surface area contributed by atoms with Crippen LogP contribution in [0.25, 0.3) is 10.9 Å². The summed E-state index contributed by atoms with van der Waals surface area (Å²) in [6, 6.07) is 8.11. The Balaban J connectivity index is 1.34. The Kier molecular flexibility index (Phi) is 5.45. The number of likely N-dealkylation sites (tertiary alicyclic amines) is 1. The molecule has 9 heteroatoms. The van der Waals surface area contributed by atoms with E-state index in [-0.39, 0.29) is 30.5 Å². The van der Waals surface area contributed by atoms with E-state index in [9.17, 15) is 23.5 Å². The second-order valence-corrected chi connectivity index (χ2v) is 7.33. The minimum absolute atomic E-state index is 0.143. The van der Waals surface area contributed by atoms with Crippen molar-refractivity contribution in [1.29, 1.82) is 0 Å². The fourth-order valence-electron chi connectivity index (χ4n) is 3.66. The molecule has 156 valence electrons. The second kappa shape index (κ2) is 8.19. The highest BCUT2D eigenvalue weighted by Crippen LogP contribution is 2.25. The van der Waals surface area contributed by atoms with E-state index in [1.807, 2.05) is 12.1 Å². The molecule has 2 heterocycles. The average molecular weight is 414 g/mol. The third-order valence-electron chi connectivity index (χ3n) is 5.38. The lowest BCUT2D eigenvalue weighted by atomic mass is 9.95. The molecule has 3 aromatic rings. The smallest absolute Gasteiger partial charge is 0.256 e. The molecule has 1 saturated heterocycles. The number of carbonyl (C=O) groups is 2. The number of aromatic nitrogens is 2. The Morgan fingerprint density at radius 2 is 1.93 bits per heavy atom. The van der Waals surface area contributed by atoms with Gasteiger partial charge >= 0.3 is 0 Å². The van der Waals surface area contributed by atoms with Crippen molar-refractivity contribution in [2.45, 2.75) is 18.9 Å². The number of aromatic amines is 1. The molecule has 1 aliphatic heterocycles. The minimum Gasteiger partial charge on any atom is -0.378 e. The van der Waals surface area contributed by atoms with E-state index in [1.54, 1.807) is 12.3 Å². The molecule has 7 nitrogen and oxygen atoms in total. The molecule has 3 N–H and O–H groups in total. The Hall–Kier alpha value is -3.33. The highest BCUT2D eigenvalue weighted by Gasteiger charge is 2.31. The molecule has 1 unspecified atom stereocenters. The van der Waals surface area contributed by atoms with Crippen LogP contribution in [0.3, 0.4) is 0 Å². The van der Waals surface area contributed by atoms with Gasteiger partial charge in [0.25, 0.3) is 5.91 Å². The third-order valence-corrected chi connectivity index (χ3v) is 5.38. The van der Waals surface area contributed by atoms with Gasteiger partial charge in [-0.2, -0.15) is 5.10 Å². The molecule has 0 radical (unpaired) electrons. The molecule has 0 bridgehead atoms. The van der Waals surface area contributed by atoms with E-state index >= 15 is 0 Å². The molecule has 0 spiro atoms. The Morgan fingerprint density at radius 1 is 1.17 bits per heavy atom. The quantitative estimate of drug-likeness (QED) is 0.611. The zero-order chi connectivity index (χ0) is 21.3. The third kappa shape index (κ3) is 4.02. The molecule has 0 saturated carbocycles. The van der Waals surface area contributed by atoms with Gasteiger partial charge in [0.2, 0.25) is 5.91 Å². The summed E-state index contributed by atoms with van der Waals surface area (Å²) >= 11 is 0. The lowest BCUT2D eigenvalue weighted by Crippen LogP contribution is -2.43. The fourth-order valence-corrected chi connectivity index (χ4v) is 3.66. The van der Waals surface area contributed by atoms with Gasteiger partial charge in [0.15, 0.2) is 6.10 Å². The van der Waals surface area contributed by atoms with Crippen LogP contribution in [0.4, 0.5) is 14.5 Å².